The summed E-state index contributed by atoms with van der Waals surface area (Å²) in [5.74, 6) is -1.35. The molecular formula is C27H21ClN2O4S. The van der Waals surface area contributed by atoms with Crippen molar-refractivity contribution in [1.29, 1.82) is 0 Å². The Morgan fingerprint density at radius 2 is 1.86 bits per heavy atom. The molecule has 1 amide bonds. The van der Waals surface area contributed by atoms with Gasteiger partial charge in [-0.3, -0.25) is 14.5 Å². The van der Waals surface area contributed by atoms with Gasteiger partial charge in [0.25, 0.3) is 5.78 Å². The average Bonchev–Trinajstić information content (AvgIpc) is 3.41. The number of aliphatic hydroxyl groups is 1. The van der Waals surface area contributed by atoms with E-state index in [1.807, 2.05) is 18.2 Å². The second-order valence-electron chi connectivity index (χ2n) is 8.07. The molecule has 1 atom stereocenters. The highest BCUT2D eigenvalue weighted by atomic mass is 35.5. The minimum absolute atomic E-state index is 0.0321. The Morgan fingerprint density at radius 1 is 1.11 bits per heavy atom. The first-order valence-corrected chi connectivity index (χ1v) is 12.2. The summed E-state index contributed by atoms with van der Waals surface area (Å²) in [6.07, 6.45) is 0.871. The third kappa shape index (κ3) is 3.96. The first-order chi connectivity index (χ1) is 16.9. The number of benzene rings is 3. The number of aryl methyl sites for hydroxylation is 1. The molecule has 0 bridgehead atoms. The molecule has 1 fully saturated rings. The van der Waals surface area contributed by atoms with Crippen LogP contribution in [0.25, 0.3) is 16.0 Å². The minimum Gasteiger partial charge on any atom is -0.507 e. The number of amides is 1. The molecular weight excluding hydrogens is 484 g/mol. The number of anilines is 1. The Kier molecular flexibility index (Phi) is 6.05. The number of para-hydroxylation sites is 1. The zero-order chi connectivity index (χ0) is 24.7. The van der Waals surface area contributed by atoms with Crippen molar-refractivity contribution in [2.75, 3.05) is 12.0 Å². The molecule has 0 saturated carbocycles. The maximum Gasteiger partial charge on any atom is 0.301 e. The maximum atomic E-state index is 13.4. The van der Waals surface area contributed by atoms with Crippen LogP contribution in [-0.2, 0) is 16.0 Å². The zero-order valence-electron chi connectivity index (χ0n) is 19.0. The fourth-order valence-electron chi connectivity index (χ4n) is 4.26. The summed E-state index contributed by atoms with van der Waals surface area (Å²) < 4.78 is 6.48. The first kappa shape index (κ1) is 23.1. The molecule has 1 aromatic heterocycles. The summed E-state index contributed by atoms with van der Waals surface area (Å²) in [6.45, 7) is 2.07. The monoisotopic (exact) mass is 504 g/mol. The number of thiazole rings is 1. The van der Waals surface area contributed by atoms with E-state index in [1.54, 1.807) is 48.5 Å². The van der Waals surface area contributed by atoms with Crippen LogP contribution in [0.15, 0.2) is 72.3 Å². The highest BCUT2D eigenvalue weighted by Gasteiger charge is 2.49. The Labute approximate surface area is 211 Å². The molecule has 35 heavy (non-hydrogen) atoms. The van der Waals surface area contributed by atoms with Crippen molar-refractivity contribution in [2.45, 2.75) is 19.4 Å². The SMILES string of the molecule is CCc1ccc2nc(N3C(=O)C(=O)/C(=C(/O)c4ccc(Cl)cc4)[C@@H]3c3ccccc3OC)sc2c1. The number of Topliss-reactive ketones (excluding diaryl/α,β-unsaturated/α-hetero) is 1. The second kappa shape index (κ2) is 9.17. The van der Waals surface area contributed by atoms with Gasteiger partial charge in [-0.25, -0.2) is 4.98 Å². The van der Waals surface area contributed by atoms with Crippen LogP contribution in [0.1, 0.15) is 29.7 Å². The van der Waals surface area contributed by atoms with Crippen LogP contribution in [-0.4, -0.2) is 28.9 Å². The van der Waals surface area contributed by atoms with Gasteiger partial charge in [0.15, 0.2) is 5.13 Å². The maximum absolute atomic E-state index is 13.4. The Hall–Kier alpha value is -3.68. The number of hydrogen-bond acceptors (Lipinski definition) is 6. The van der Waals surface area contributed by atoms with Crippen LogP contribution in [0.5, 0.6) is 5.75 Å². The molecule has 8 heteroatoms. The number of carbonyl (C=O) groups is 2. The number of halogens is 1. The minimum atomic E-state index is -0.923. The van der Waals surface area contributed by atoms with Crippen molar-refractivity contribution >= 4 is 55.7 Å². The van der Waals surface area contributed by atoms with E-state index in [2.05, 4.69) is 11.9 Å². The van der Waals surface area contributed by atoms with Gasteiger partial charge in [0.2, 0.25) is 0 Å². The first-order valence-electron chi connectivity index (χ1n) is 11.0. The van der Waals surface area contributed by atoms with Gasteiger partial charge in [-0.1, -0.05) is 54.1 Å². The van der Waals surface area contributed by atoms with E-state index >= 15 is 0 Å². The van der Waals surface area contributed by atoms with Gasteiger partial charge >= 0.3 is 5.91 Å². The van der Waals surface area contributed by atoms with E-state index in [4.69, 9.17) is 16.3 Å². The van der Waals surface area contributed by atoms with Crippen molar-refractivity contribution in [3.8, 4) is 5.75 Å². The van der Waals surface area contributed by atoms with E-state index < -0.39 is 17.7 Å². The Balaban J connectivity index is 1.74. The average molecular weight is 505 g/mol. The summed E-state index contributed by atoms with van der Waals surface area (Å²) in [6, 6.07) is 18.6. The lowest BCUT2D eigenvalue weighted by molar-refractivity contribution is -0.132. The summed E-state index contributed by atoms with van der Waals surface area (Å²) >= 11 is 7.34. The molecule has 0 radical (unpaired) electrons. The molecule has 3 aromatic carbocycles. The third-order valence-electron chi connectivity index (χ3n) is 6.05. The molecule has 0 spiro atoms. The molecule has 1 aliphatic rings. The van der Waals surface area contributed by atoms with Crippen molar-refractivity contribution in [1.82, 2.24) is 4.98 Å². The highest BCUT2D eigenvalue weighted by Crippen LogP contribution is 2.46. The standard InChI is InChI=1S/C27H21ClN2O4S/c1-3-15-8-13-19-21(14-15)35-27(29-19)30-23(18-6-4-5-7-20(18)34-2)22(25(32)26(30)33)24(31)16-9-11-17(28)12-10-16/h4-14,23,31H,3H2,1-2H3/b24-22+/t23-/m0/s1. The zero-order valence-corrected chi connectivity index (χ0v) is 20.6. The van der Waals surface area contributed by atoms with E-state index in [0.29, 0.717) is 27.0 Å². The van der Waals surface area contributed by atoms with Gasteiger partial charge in [-0.15, -0.1) is 0 Å². The molecule has 6 nitrogen and oxygen atoms in total. The smallest absolute Gasteiger partial charge is 0.301 e. The summed E-state index contributed by atoms with van der Waals surface area (Å²) in [5, 5.41) is 12.1. The largest absolute Gasteiger partial charge is 0.507 e. The molecule has 1 aliphatic heterocycles. The lowest BCUT2D eigenvalue weighted by Crippen LogP contribution is -2.29. The van der Waals surface area contributed by atoms with Crippen LogP contribution >= 0.6 is 22.9 Å². The summed E-state index contributed by atoms with van der Waals surface area (Å²) in [5.41, 5.74) is 2.80. The molecule has 4 aromatic rings. The van der Waals surface area contributed by atoms with E-state index in [9.17, 15) is 14.7 Å². The number of fused-ring (bicyclic) bond motifs is 1. The molecule has 1 saturated heterocycles. The number of nitrogens with zero attached hydrogens (tertiary/aromatic N) is 2. The van der Waals surface area contributed by atoms with E-state index in [1.165, 1.54) is 23.3 Å². The fourth-order valence-corrected chi connectivity index (χ4v) is 5.44. The van der Waals surface area contributed by atoms with Gasteiger partial charge in [-0.2, -0.15) is 0 Å². The van der Waals surface area contributed by atoms with Crippen molar-refractivity contribution in [2.24, 2.45) is 0 Å². The van der Waals surface area contributed by atoms with Crippen molar-refractivity contribution in [3.05, 3.63) is 94.0 Å². The lowest BCUT2D eigenvalue weighted by Gasteiger charge is -2.24. The summed E-state index contributed by atoms with van der Waals surface area (Å²) in [7, 11) is 1.52. The highest BCUT2D eigenvalue weighted by molar-refractivity contribution is 7.22. The molecule has 2 heterocycles. The van der Waals surface area contributed by atoms with E-state index in [-0.39, 0.29) is 11.3 Å². The molecule has 0 unspecified atom stereocenters. The molecule has 5 rings (SSSR count). The van der Waals surface area contributed by atoms with Crippen molar-refractivity contribution in [3.63, 3.8) is 0 Å². The van der Waals surface area contributed by atoms with Gasteiger partial charge in [0, 0.05) is 16.1 Å². The predicted molar refractivity (Wildman–Crippen MR) is 138 cm³/mol. The van der Waals surface area contributed by atoms with E-state index in [0.717, 1.165) is 22.2 Å². The number of rotatable bonds is 5. The molecule has 176 valence electrons. The molecule has 1 N–H and O–H groups in total. The number of methoxy groups -OCH3 is 1. The van der Waals surface area contributed by atoms with Gasteiger partial charge in [0.05, 0.1) is 22.9 Å². The second-order valence-corrected chi connectivity index (χ2v) is 9.52. The number of aliphatic hydroxyl groups excluding tert-OH is 1. The predicted octanol–water partition coefficient (Wildman–Crippen LogP) is 6.15. The van der Waals surface area contributed by atoms with Crippen LogP contribution in [0, 0.1) is 0 Å². The van der Waals surface area contributed by atoms with Crippen LogP contribution < -0.4 is 9.64 Å². The number of aromatic nitrogens is 1. The van der Waals surface area contributed by atoms with Gasteiger partial charge in [0.1, 0.15) is 17.6 Å². The van der Waals surface area contributed by atoms with Crippen LogP contribution in [0.4, 0.5) is 5.13 Å². The van der Waals surface area contributed by atoms with Gasteiger partial charge < -0.3 is 9.84 Å². The number of carbonyl (C=O) groups excluding carboxylic acids is 2. The van der Waals surface area contributed by atoms with Crippen LogP contribution in [0.3, 0.4) is 0 Å². The quantitative estimate of drug-likeness (QED) is 0.200. The van der Waals surface area contributed by atoms with Crippen molar-refractivity contribution < 1.29 is 19.4 Å². The number of hydrogen-bond donors (Lipinski definition) is 1. The Bertz CT molecular complexity index is 1490. The summed E-state index contributed by atoms with van der Waals surface area (Å²) in [4.78, 5) is 32.8. The fraction of sp³-hybridized carbons (Fsp3) is 0.148. The number of ketones is 1. The normalized spacial score (nSPS) is 17.3. The van der Waals surface area contributed by atoms with Gasteiger partial charge in [-0.05, 0) is 54.4 Å². The van der Waals surface area contributed by atoms with Crippen LogP contribution in [0.2, 0.25) is 5.02 Å². The third-order valence-corrected chi connectivity index (χ3v) is 7.32. The molecule has 0 aliphatic carbocycles. The number of ether oxygens (including phenoxy) is 1. The Morgan fingerprint density at radius 3 is 2.57 bits per heavy atom. The topological polar surface area (TPSA) is 79.7 Å². The lowest BCUT2D eigenvalue weighted by atomic mass is 9.95.